The smallest absolute Gasteiger partial charge is 0.326 e. The first-order valence-corrected chi connectivity index (χ1v) is 40.1. The second-order valence-electron chi connectivity index (χ2n) is 30.9. The van der Waals surface area contributed by atoms with Crippen LogP contribution in [0.25, 0.3) is 10.9 Å². The number of amides is 14. The zero-order chi connectivity index (χ0) is 86.3. The van der Waals surface area contributed by atoms with E-state index < -0.39 is 193 Å². The molecule has 2 aromatic heterocycles. The molecular weight excluding hydrogens is 1530 g/mol. The van der Waals surface area contributed by atoms with Crippen molar-refractivity contribution in [1.82, 2.24) is 77.9 Å². The number of nitrogens with zero attached hydrogens (tertiary/aromatic N) is 3. The fourth-order valence-electron chi connectivity index (χ4n) is 14.2. The Morgan fingerprint density at radius 1 is 0.534 bits per heavy atom. The molecule has 36 nitrogen and oxygen atoms in total. The van der Waals surface area contributed by atoms with Crippen LogP contribution in [-0.4, -0.2) is 222 Å². The summed E-state index contributed by atoms with van der Waals surface area (Å²) in [5.41, 5.74) is 26.1. The number of carboxylic acids is 1. The summed E-state index contributed by atoms with van der Waals surface area (Å²) in [4.78, 5) is 222. The number of aromatic hydroxyl groups is 1. The van der Waals surface area contributed by atoms with Crippen LogP contribution in [0.2, 0.25) is 0 Å². The molecule has 0 unspecified atom stereocenters. The number of aliphatic carboxylic acids is 1. The van der Waals surface area contributed by atoms with Gasteiger partial charge < -0.3 is 106 Å². The Hall–Kier alpha value is -11.9. The number of aromatic amines is 2. The van der Waals surface area contributed by atoms with Crippen molar-refractivity contribution >= 4 is 99.6 Å². The van der Waals surface area contributed by atoms with E-state index in [9.17, 15) is 86.5 Å². The van der Waals surface area contributed by atoms with Crippen LogP contribution < -0.4 is 76.1 Å². The van der Waals surface area contributed by atoms with Crippen LogP contribution in [0.3, 0.4) is 0 Å². The van der Waals surface area contributed by atoms with E-state index in [2.05, 4.69) is 68.1 Å². The lowest BCUT2D eigenvalue weighted by atomic mass is 9.99. The number of fused-ring (bicyclic) bond motifs is 1. The minimum Gasteiger partial charge on any atom is -0.508 e. The number of rotatable bonds is 48. The van der Waals surface area contributed by atoms with Crippen LogP contribution >= 0.6 is 0 Å². The maximum atomic E-state index is 15.0. The molecule has 0 bridgehead atoms. The van der Waals surface area contributed by atoms with Crippen molar-refractivity contribution in [2.45, 2.75) is 236 Å². The molecule has 0 spiro atoms. The summed E-state index contributed by atoms with van der Waals surface area (Å²) in [7, 11) is 0. The molecule has 22 N–H and O–H groups in total. The van der Waals surface area contributed by atoms with Crippen LogP contribution in [0.1, 0.15) is 160 Å². The number of carboxylic acid groups (broad SMARTS) is 1. The number of hydrogen-bond donors (Lipinski definition) is 18. The van der Waals surface area contributed by atoms with Crippen LogP contribution in [0.4, 0.5) is 4.39 Å². The van der Waals surface area contributed by atoms with Gasteiger partial charge in [0.25, 0.3) is 0 Å². The number of likely N-dealkylation sites (tertiary alicyclic amines) is 2. The van der Waals surface area contributed by atoms with Crippen LogP contribution in [0.15, 0.2) is 91.5 Å². The molecular formula is C81H114FN19O17. The monoisotopic (exact) mass is 1640 g/mol. The zero-order valence-corrected chi connectivity index (χ0v) is 67.3. The van der Waals surface area contributed by atoms with Crippen molar-refractivity contribution in [1.29, 1.82) is 0 Å². The molecule has 3 aromatic carbocycles. The first kappa shape index (κ1) is 93.3. The number of phenols is 1. The van der Waals surface area contributed by atoms with Gasteiger partial charge in [-0.2, -0.15) is 0 Å². The number of nitrogens with two attached hydrogens (primary N) is 4. The van der Waals surface area contributed by atoms with Gasteiger partial charge in [-0.1, -0.05) is 89.9 Å². The highest BCUT2D eigenvalue weighted by Crippen LogP contribution is 2.25. The van der Waals surface area contributed by atoms with Gasteiger partial charge in [0.05, 0.1) is 24.6 Å². The number of para-hydroxylation sites is 1. The quantitative estimate of drug-likeness (QED) is 0.0225. The highest BCUT2D eigenvalue weighted by atomic mass is 19.1. The van der Waals surface area contributed by atoms with Crippen molar-refractivity contribution in [3.63, 3.8) is 0 Å². The number of phenolic OH excluding ortho intramolecular Hbond substituents is 1. The number of aromatic nitrogens is 3. The summed E-state index contributed by atoms with van der Waals surface area (Å²) in [5.74, 6) is -14.0. The van der Waals surface area contributed by atoms with Crippen molar-refractivity contribution in [2.24, 2.45) is 34.8 Å². The number of nitrogens with one attached hydrogen (secondary N) is 12. The fourth-order valence-corrected chi connectivity index (χ4v) is 14.2. The molecule has 2 fully saturated rings. The van der Waals surface area contributed by atoms with Gasteiger partial charge in [-0.05, 0) is 149 Å². The Labute approximate surface area is 683 Å². The minimum absolute atomic E-state index is 0.00610. The molecule has 0 aliphatic carbocycles. The summed E-state index contributed by atoms with van der Waals surface area (Å²) < 4.78 is 13.6. The van der Waals surface area contributed by atoms with Crippen LogP contribution in [0, 0.1) is 17.7 Å². The molecule has 642 valence electrons. The predicted molar refractivity (Wildman–Crippen MR) is 430 cm³/mol. The van der Waals surface area contributed by atoms with Crippen molar-refractivity contribution < 1.29 is 86.5 Å². The fraction of sp³-hybridized carbons (Fsp3) is 0.531. The SMILES string of the molecule is CCCC[C@H](NC(=O)[C@@H]1CCCN1C(=O)[C@H](CCC(N)=O)NC(=O)CNC(=O)[C@@H]1CCCN1C(=O)[C@H](CCCCN)NC(=O)[C@H](CC(C)C)NC(=O)[C@H](CCC(N)=O)NC(=O)[C@H](CC(C)C)NC(=O)[C@H](Cc1c[nH]c2ccccc12)NC(=O)[C@H](Cc1c[nH]cn1)NC(=O)[C@@H](N)Cc1ccc(O)cc1)C(=O)N[C@@H](Cc1ccc(F)cc1)C(=O)O. The van der Waals surface area contributed by atoms with E-state index in [1.165, 1.54) is 46.6 Å². The second-order valence-corrected chi connectivity index (χ2v) is 30.9. The molecule has 118 heavy (non-hydrogen) atoms. The van der Waals surface area contributed by atoms with Gasteiger partial charge in [0, 0.05) is 68.5 Å². The number of imidazole rings is 1. The third kappa shape index (κ3) is 29.1. The zero-order valence-electron chi connectivity index (χ0n) is 67.3. The number of primary amides is 2. The van der Waals surface area contributed by atoms with Gasteiger partial charge in [-0.15, -0.1) is 0 Å². The van der Waals surface area contributed by atoms with Gasteiger partial charge in [0.15, 0.2) is 0 Å². The van der Waals surface area contributed by atoms with Crippen molar-refractivity contribution in [3.05, 3.63) is 120 Å². The topological polar surface area (TPSA) is 572 Å². The molecule has 14 amide bonds. The number of hydrogen-bond acceptors (Lipinski definition) is 19. The molecule has 5 aromatic rings. The summed E-state index contributed by atoms with van der Waals surface area (Å²) in [5, 5.41) is 47.2. The lowest BCUT2D eigenvalue weighted by Gasteiger charge is -2.31. The maximum absolute atomic E-state index is 15.0. The van der Waals surface area contributed by atoms with Gasteiger partial charge in [0.2, 0.25) is 82.7 Å². The summed E-state index contributed by atoms with van der Waals surface area (Å²) in [6, 6.07) is 2.12. The lowest BCUT2D eigenvalue weighted by molar-refractivity contribution is -0.144. The third-order valence-electron chi connectivity index (χ3n) is 20.5. The second kappa shape index (κ2) is 46.2. The van der Waals surface area contributed by atoms with Gasteiger partial charge >= 0.3 is 5.97 Å². The summed E-state index contributed by atoms with van der Waals surface area (Å²) >= 11 is 0. The molecule has 0 radical (unpaired) electrons. The molecule has 0 saturated carbocycles. The first-order chi connectivity index (χ1) is 56.2. The Morgan fingerprint density at radius 2 is 1.02 bits per heavy atom. The molecule has 4 heterocycles. The van der Waals surface area contributed by atoms with Crippen molar-refractivity contribution in [2.75, 3.05) is 26.2 Å². The molecule has 12 atom stereocenters. The third-order valence-corrected chi connectivity index (χ3v) is 20.5. The number of carbonyl (C=O) groups excluding carboxylic acids is 14. The first-order valence-electron chi connectivity index (χ1n) is 40.1. The number of unbranched alkanes of at least 4 members (excludes halogenated alkanes) is 2. The van der Waals surface area contributed by atoms with Gasteiger partial charge in [0.1, 0.15) is 78.0 Å². The van der Waals surface area contributed by atoms with Crippen LogP contribution in [0.5, 0.6) is 5.75 Å². The average molecular weight is 1640 g/mol. The average Bonchev–Trinajstić information content (AvgIpc) is 1.65. The van der Waals surface area contributed by atoms with Crippen molar-refractivity contribution in [3.8, 4) is 5.75 Å². The minimum atomic E-state index is -1.59. The molecule has 2 aliphatic rings. The number of benzene rings is 3. The highest BCUT2D eigenvalue weighted by molar-refractivity contribution is 6.00. The van der Waals surface area contributed by atoms with Gasteiger partial charge in [-0.25, -0.2) is 14.2 Å². The van der Waals surface area contributed by atoms with E-state index in [4.69, 9.17) is 22.9 Å². The highest BCUT2D eigenvalue weighted by Gasteiger charge is 2.43. The van der Waals surface area contributed by atoms with E-state index in [0.29, 0.717) is 71.8 Å². The lowest BCUT2D eigenvalue weighted by Crippen LogP contribution is -2.61. The Morgan fingerprint density at radius 3 is 1.58 bits per heavy atom. The molecule has 2 aliphatic heterocycles. The Kier molecular flexibility index (Phi) is 36.5. The van der Waals surface area contributed by atoms with Crippen LogP contribution in [-0.2, 0) is 97.6 Å². The normalized spacial score (nSPS) is 16.5. The van der Waals surface area contributed by atoms with E-state index in [0.717, 1.165) is 12.1 Å². The number of carbonyl (C=O) groups is 15. The largest absolute Gasteiger partial charge is 0.508 e. The number of halogens is 1. The summed E-state index contributed by atoms with van der Waals surface area (Å²) in [6.45, 7) is 8.42. The Balaban J connectivity index is 1.02. The maximum Gasteiger partial charge on any atom is 0.326 e. The van der Waals surface area contributed by atoms with E-state index in [1.54, 1.807) is 58.2 Å². The Bertz CT molecular complexity index is 4280. The van der Waals surface area contributed by atoms with E-state index in [-0.39, 0.29) is 108 Å². The predicted octanol–water partition coefficient (Wildman–Crippen LogP) is -0.178. The molecule has 7 rings (SSSR count). The van der Waals surface area contributed by atoms with E-state index in [1.807, 2.05) is 19.1 Å². The standard InChI is InChI=1S/C81H114FN19O17/c1-6-7-15-56(71(107)99-64(81(117)118)38-48-20-24-50(82)25-21-48)93-78(114)66-19-13-34-101(66)80(116)59(29-31-68(86)104)91-69(105)43-89-77(113)65-18-12-33-100(65)79(115)58(17-10-11-32-83)94-74(110)61(36-46(4)5)96-72(108)57(28-30-67(85)103)92-73(109)60(35-45(2)3)97-75(111)62(39-49-41-88-55-16-9-8-14-53(49)55)98-76(112)63(40-51-42-87-44-90-51)95-70(106)54(84)37-47-22-26-52(102)27-23-47/h8-9,14,16,20-27,41-42,44-46,54,56-66,88,102H,6-7,10-13,15,17-19,28-40,43,83-84H2,1-5H3,(H2,85,103)(H2,86,104)(H,87,90)(H,89,113)(H,91,105)(H,92,109)(H,93,114)(H,94,110)(H,95,106)(H,96,108)(H,97,111)(H,98,112)(H,99,107)(H,117,118)/t54-,56-,57-,58-,59-,60-,61-,62-,63-,64-,65-,66-/m0/s1. The summed E-state index contributed by atoms with van der Waals surface area (Å²) in [6.07, 6.45) is 5.17. The molecule has 37 heteroatoms. The molecule has 2 saturated heterocycles. The van der Waals surface area contributed by atoms with Gasteiger partial charge in [-0.3, -0.25) is 67.1 Å². The number of H-pyrrole nitrogens is 2. The van der Waals surface area contributed by atoms with E-state index >= 15 is 0 Å².